The Kier molecular flexibility index (Phi) is 6.14. The van der Waals surface area contributed by atoms with E-state index >= 15 is 0 Å². The lowest BCUT2D eigenvalue weighted by molar-refractivity contribution is -0.120. The Morgan fingerprint density at radius 1 is 1.42 bits per heavy atom. The maximum atomic E-state index is 10.7. The third-order valence-corrected chi connectivity index (χ3v) is 0.981. The third-order valence-electron chi connectivity index (χ3n) is 0.981. The van der Waals surface area contributed by atoms with Crippen LogP contribution in [-0.4, -0.2) is 12.5 Å². The molecule has 0 saturated heterocycles. The van der Waals surface area contributed by atoms with Crippen LogP contribution >= 0.6 is 0 Å². The number of hydrogen-bond acceptors (Lipinski definition) is 1. The molecule has 0 spiro atoms. The number of carbonyl (C=O) groups excluding carboxylic acids is 1. The topological polar surface area (TPSA) is 29.1 Å². The van der Waals surface area contributed by atoms with Crippen molar-refractivity contribution in [3.63, 3.8) is 0 Å². The molecule has 0 aliphatic carbocycles. The van der Waals surface area contributed by atoms with Gasteiger partial charge in [-0.3, -0.25) is 4.79 Å². The molecule has 0 aromatic carbocycles. The summed E-state index contributed by atoms with van der Waals surface area (Å²) in [7, 11) is 0. The molecule has 2 nitrogen and oxygen atoms in total. The van der Waals surface area contributed by atoms with Crippen LogP contribution in [0.2, 0.25) is 0 Å². The summed E-state index contributed by atoms with van der Waals surface area (Å²) in [5.74, 6) is 12.0. The first-order valence-corrected chi connectivity index (χ1v) is 3.51. The van der Waals surface area contributed by atoms with Gasteiger partial charge in [0.1, 0.15) is 0 Å². The van der Waals surface area contributed by atoms with Crippen molar-refractivity contribution in [2.75, 3.05) is 6.54 Å². The zero-order valence-electron chi connectivity index (χ0n) is 6.90. The SMILES string of the molecule is C#CC#CC#CCNC(=O)CC. The van der Waals surface area contributed by atoms with Crippen LogP contribution in [0.15, 0.2) is 0 Å². The molecule has 0 saturated carbocycles. The van der Waals surface area contributed by atoms with Gasteiger partial charge in [0.15, 0.2) is 0 Å². The maximum Gasteiger partial charge on any atom is 0.220 e. The number of rotatable bonds is 2. The van der Waals surface area contributed by atoms with E-state index in [9.17, 15) is 4.79 Å². The Labute approximate surface area is 72.7 Å². The lowest BCUT2D eigenvalue weighted by Crippen LogP contribution is -2.22. The normalized spacial score (nSPS) is 6.33. The van der Waals surface area contributed by atoms with E-state index < -0.39 is 0 Å². The molecule has 0 heterocycles. The minimum absolute atomic E-state index is 0.0193. The van der Waals surface area contributed by atoms with Crippen molar-refractivity contribution in [1.82, 2.24) is 5.32 Å². The van der Waals surface area contributed by atoms with Crippen molar-refractivity contribution < 1.29 is 4.79 Å². The highest BCUT2D eigenvalue weighted by molar-refractivity contribution is 5.75. The highest BCUT2D eigenvalue weighted by Gasteiger charge is 1.90. The summed E-state index contributed by atoms with van der Waals surface area (Å²) < 4.78 is 0. The van der Waals surface area contributed by atoms with Gasteiger partial charge in [0.05, 0.1) is 6.54 Å². The van der Waals surface area contributed by atoms with Gasteiger partial charge in [-0.25, -0.2) is 0 Å². The van der Waals surface area contributed by atoms with Crippen molar-refractivity contribution in [2.45, 2.75) is 13.3 Å². The Balaban J connectivity index is 3.61. The number of terminal acetylenes is 1. The molecule has 1 N–H and O–H groups in total. The molecule has 1 amide bonds. The molecular formula is C10H9NO. The molecule has 0 unspecified atom stereocenters. The second-order valence-electron chi connectivity index (χ2n) is 1.83. The minimum Gasteiger partial charge on any atom is -0.345 e. The van der Waals surface area contributed by atoms with E-state index in [2.05, 4.69) is 34.9 Å². The van der Waals surface area contributed by atoms with Crippen LogP contribution in [0.4, 0.5) is 0 Å². The molecule has 0 rings (SSSR count). The fourth-order valence-corrected chi connectivity index (χ4v) is 0.424. The van der Waals surface area contributed by atoms with Crippen molar-refractivity contribution in [3.8, 4) is 36.0 Å². The molecule has 0 radical (unpaired) electrons. The van der Waals surface area contributed by atoms with Gasteiger partial charge >= 0.3 is 0 Å². The molecular weight excluding hydrogens is 150 g/mol. The fraction of sp³-hybridized carbons (Fsp3) is 0.300. The summed E-state index contributed by atoms with van der Waals surface area (Å²) in [6.07, 6.45) is 5.32. The predicted octanol–water partition coefficient (Wildman–Crippen LogP) is 0.153. The number of hydrogen-bond donors (Lipinski definition) is 1. The first kappa shape index (κ1) is 10.2. The van der Waals surface area contributed by atoms with E-state index in [-0.39, 0.29) is 5.91 Å². The summed E-state index contributed by atoms with van der Waals surface area (Å²) in [6, 6.07) is 0. The van der Waals surface area contributed by atoms with Crippen molar-refractivity contribution in [2.24, 2.45) is 0 Å². The molecule has 0 aliphatic rings. The highest BCUT2D eigenvalue weighted by atomic mass is 16.1. The van der Waals surface area contributed by atoms with E-state index in [0.29, 0.717) is 13.0 Å². The van der Waals surface area contributed by atoms with E-state index in [1.807, 2.05) is 0 Å². The largest absolute Gasteiger partial charge is 0.345 e. The lowest BCUT2D eigenvalue weighted by atomic mass is 10.4. The molecule has 0 aromatic rings. The van der Waals surface area contributed by atoms with Crippen molar-refractivity contribution in [3.05, 3.63) is 0 Å². The Hall–Kier alpha value is -1.85. The summed E-state index contributed by atoms with van der Waals surface area (Å²) in [5, 5.41) is 2.58. The van der Waals surface area contributed by atoms with Gasteiger partial charge in [0.2, 0.25) is 5.91 Å². The van der Waals surface area contributed by atoms with E-state index in [0.717, 1.165) is 0 Å². The Morgan fingerprint density at radius 2 is 2.17 bits per heavy atom. The Bertz CT molecular complexity index is 301. The molecule has 0 aliphatic heterocycles. The van der Waals surface area contributed by atoms with Gasteiger partial charge in [0, 0.05) is 6.42 Å². The molecule has 2 heteroatoms. The van der Waals surface area contributed by atoms with Crippen LogP contribution in [0.25, 0.3) is 0 Å². The third kappa shape index (κ3) is 6.27. The summed E-state index contributed by atoms with van der Waals surface area (Å²) in [6.45, 7) is 2.10. The number of nitrogens with one attached hydrogen (secondary N) is 1. The molecule has 12 heavy (non-hydrogen) atoms. The number of carbonyl (C=O) groups is 1. The smallest absolute Gasteiger partial charge is 0.220 e. The summed E-state index contributed by atoms with van der Waals surface area (Å²) >= 11 is 0. The first-order valence-electron chi connectivity index (χ1n) is 3.51. The average molecular weight is 159 g/mol. The van der Waals surface area contributed by atoms with Gasteiger partial charge < -0.3 is 5.32 Å². The van der Waals surface area contributed by atoms with Crippen LogP contribution in [0, 0.1) is 36.0 Å². The Morgan fingerprint density at radius 3 is 2.75 bits per heavy atom. The fourth-order valence-electron chi connectivity index (χ4n) is 0.424. The van der Waals surface area contributed by atoms with Gasteiger partial charge in [-0.1, -0.05) is 12.8 Å². The second-order valence-corrected chi connectivity index (χ2v) is 1.83. The minimum atomic E-state index is -0.0193. The van der Waals surface area contributed by atoms with Gasteiger partial charge in [-0.2, -0.15) is 0 Å². The van der Waals surface area contributed by atoms with Crippen LogP contribution in [0.5, 0.6) is 0 Å². The molecule has 0 aromatic heterocycles. The quantitative estimate of drug-likeness (QED) is 0.571. The van der Waals surface area contributed by atoms with Crippen LogP contribution in [0.3, 0.4) is 0 Å². The van der Waals surface area contributed by atoms with Crippen LogP contribution < -0.4 is 5.32 Å². The lowest BCUT2D eigenvalue weighted by Gasteiger charge is -1.93. The first-order chi connectivity index (χ1) is 5.81. The zero-order chi connectivity index (χ0) is 9.23. The molecule has 0 fully saturated rings. The van der Waals surface area contributed by atoms with E-state index in [1.54, 1.807) is 6.92 Å². The van der Waals surface area contributed by atoms with Crippen LogP contribution in [-0.2, 0) is 4.79 Å². The van der Waals surface area contributed by atoms with E-state index in [4.69, 9.17) is 6.42 Å². The average Bonchev–Trinajstić information content (AvgIpc) is 2.10. The monoisotopic (exact) mass is 159 g/mol. The summed E-state index contributed by atoms with van der Waals surface area (Å²) in [5.41, 5.74) is 0. The van der Waals surface area contributed by atoms with E-state index in [1.165, 1.54) is 0 Å². The molecule has 0 atom stereocenters. The standard InChI is InChI=1S/C10H9NO/c1-3-5-6-7-8-9-11-10(12)4-2/h1H,4,9H2,2H3,(H,11,12). The second kappa shape index (κ2) is 7.26. The van der Waals surface area contributed by atoms with Gasteiger partial charge in [-0.15, -0.1) is 6.42 Å². The highest BCUT2D eigenvalue weighted by Crippen LogP contribution is 1.71. The van der Waals surface area contributed by atoms with Gasteiger partial charge in [0.25, 0.3) is 0 Å². The van der Waals surface area contributed by atoms with Crippen LogP contribution in [0.1, 0.15) is 13.3 Å². The molecule has 0 bridgehead atoms. The zero-order valence-corrected chi connectivity index (χ0v) is 6.90. The van der Waals surface area contributed by atoms with Crippen molar-refractivity contribution in [1.29, 1.82) is 0 Å². The molecule has 60 valence electrons. The van der Waals surface area contributed by atoms with Crippen molar-refractivity contribution >= 4 is 5.91 Å². The summed E-state index contributed by atoms with van der Waals surface area (Å²) in [4.78, 5) is 10.7. The van der Waals surface area contributed by atoms with Gasteiger partial charge in [-0.05, 0) is 23.7 Å². The maximum absolute atomic E-state index is 10.7. The number of amides is 1. The predicted molar refractivity (Wildman–Crippen MR) is 47.7 cm³/mol.